The third-order valence-corrected chi connectivity index (χ3v) is 1.97. The zero-order chi connectivity index (χ0) is 7.84. The first kappa shape index (κ1) is 6.34. The number of aromatic nitrogens is 1. The van der Waals surface area contributed by atoms with Gasteiger partial charge in [-0.3, -0.25) is 9.59 Å². The number of hydrogen-bond donors (Lipinski definition) is 0. The Morgan fingerprint density at radius 3 is 3.09 bits per heavy atom. The van der Waals surface area contributed by atoms with Gasteiger partial charge < -0.3 is 4.57 Å². The summed E-state index contributed by atoms with van der Waals surface area (Å²) in [7, 11) is 0. The van der Waals surface area contributed by atoms with Gasteiger partial charge in [-0.1, -0.05) is 0 Å². The summed E-state index contributed by atoms with van der Waals surface area (Å²) in [5.74, 6) is 0.0806. The van der Waals surface area contributed by atoms with E-state index in [0.717, 1.165) is 12.8 Å². The molecule has 1 aromatic rings. The third-order valence-electron chi connectivity index (χ3n) is 1.97. The zero-order valence-corrected chi connectivity index (χ0v) is 5.91. The van der Waals surface area contributed by atoms with E-state index in [1.807, 2.05) is 4.57 Å². The molecular formula is C8H7NO2. The number of aryl methyl sites for hydroxylation is 1. The predicted octanol–water partition coefficient (Wildman–Crippen LogP) is 0.887. The van der Waals surface area contributed by atoms with Crippen LogP contribution in [0.4, 0.5) is 0 Å². The maximum absolute atomic E-state index is 11.1. The van der Waals surface area contributed by atoms with Crippen LogP contribution in [0.25, 0.3) is 0 Å². The second-order valence-corrected chi connectivity index (χ2v) is 2.60. The topological polar surface area (TPSA) is 39.1 Å². The molecular weight excluding hydrogens is 142 g/mol. The number of carbonyl (C=O) groups is 2. The van der Waals surface area contributed by atoms with Crippen molar-refractivity contribution >= 4 is 12.1 Å². The minimum absolute atomic E-state index is 0.0806. The fourth-order valence-electron chi connectivity index (χ4n) is 1.43. The van der Waals surface area contributed by atoms with E-state index in [0.29, 0.717) is 17.7 Å². The average molecular weight is 149 g/mol. The molecule has 3 heteroatoms. The van der Waals surface area contributed by atoms with Crippen LogP contribution in [0.5, 0.6) is 0 Å². The minimum Gasteiger partial charge on any atom is -0.344 e. The van der Waals surface area contributed by atoms with Gasteiger partial charge in [-0.2, -0.15) is 0 Å². The molecule has 0 unspecified atom stereocenters. The molecule has 0 spiro atoms. The van der Waals surface area contributed by atoms with Crippen LogP contribution in [0, 0.1) is 0 Å². The van der Waals surface area contributed by atoms with E-state index >= 15 is 0 Å². The summed E-state index contributed by atoms with van der Waals surface area (Å²) in [6.07, 6.45) is 3.05. The van der Waals surface area contributed by atoms with E-state index in [9.17, 15) is 9.59 Å². The highest BCUT2D eigenvalue weighted by Gasteiger charge is 2.22. The maximum atomic E-state index is 11.1. The van der Waals surface area contributed by atoms with Crippen LogP contribution in [0.15, 0.2) is 12.3 Å². The van der Waals surface area contributed by atoms with Crippen LogP contribution in [-0.4, -0.2) is 16.6 Å². The number of fused-ring (bicyclic) bond motifs is 1. The van der Waals surface area contributed by atoms with Gasteiger partial charge in [-0.15, -0.1) is 0 Å². The van der Waals surface area contributed by atoms with E-state index in [2.05, 4.69) is 0 Å². The lowest BCUT2D eigenvalue weighted by Crippen LogP contribution is -1.96. The fourth-order valence-corrected chi connectivity index (χ4v) is 1.43. The number of Topliss-reactive ketones (excluding diaryl/α,β-unsaturated/α-hetero) is 1. The molecule has 0 atom stereocenters. The van der Waals surface area contributed by atoms with Crippen molar-refractivity contribution in [2.75, 3.05) is 0 Å². The van der Waals surface area contributed by atoms with Gasteiger partial charge in [0.05, 0.1) is 5.69 Å². The van der Waals surface area contributed by atoms with Crippen molar-refractivity contribution in [3.8, 4) is 0 Å². The Kier molecular flexibility index (Phi) is 1.18. The summed E-state index contributed by atoms with van der Waals surface area (Å²) in [6, 6.07) is 1.68. The highest BCUT2D eigenvalue weighted by Crippen LogP contribution is 2.18. The molecule has 3 nitrogen and oxygen atoms in total. The molecule has 11 heavy (non-hydrogen) atoms. The smallest absolute Gasteiger partial charge is 0.181 e. The molecule has 0 saturated carbocycles. The van der Waals surface area contributed by atoms with Crippen molar-refractivity contribution in [2.45, 2.75) is 13.0 Å². The Labute approximate surface area is 63.6 Å². The van der Waals surface area contributed by atoms with Crippen molar-refractivity contribution in [1.29, 1.82) is 0 Å². The Balaban J connectivity index is 2.63. The summed E-state index contributed by atoms with van der Waals surface area (Å²) < 4.78 is 1.83. The standard InChI is InChI=1S/C8H7NO2/c10-5-6-1-3-9-4-2-7(11)8(6)9/h1,3,5H,2,4H2. The lowest BCUT2D eigenvalue weighted by Gasteiger charge is -1.91. The summed E-state index contributed by atoms with van der Waals surface area (Å²) in [4.78, 5) is 21.5. The molecule has 0 bridgehead atoms. The largest absolute Gasteiger partial charge is 0.344 e. The van der Waals surface area contributed by atoms with Gasteiger partial charge in [0.1, 0.15) is 0 Å². The van der Waals surface area contributed by atoms with E-state index < -0.39 is 0 Å². The molecule has 56 valence electrons. The Morgan fingerprint density at radius 1 is 1.55 bits per heavy atom. The van der Waals surface area contributed by atoms with Crippen LogP contribution in [-0.2, 0) is 6.54 Å². The van der Waals surface area contributed by atoms with Crippen molar-refractivity contribution < 1.29 is 9.59 Å². The fraction of sp³-hybridized carbons (Fsp3) is 0.250. The Hall–Kier alpha value is -1.38. The molecule has 0 amide bonds. The van der Waals surface area contributed by atoms with Crippen LogP contribution >= 0.6 is 0 Å². The molecule has 0 fully saturated rings. The second kappa shape index (κ2) is 2.05. The van der Waals surface area contributed by atoms with E-state index in [1.54, 1.807) is 12.3 Å². The highest BCUT2D eigenvalue weighted by atomic mass is 16.1. The molecule has 0 saturated heterocycles. The molecule has 0 radical (unpaired) electrons. The number of nitrogens with zero attached hydrogens (tertiary/aromatic N) is 1. The summed E-state index contributed by atoms with van der Waals surface area (Å²) in [5.41, 5.74) is 1.10. The molecule has 2 rings (SSSR count). The summed E-state index contributed by atoms with van der Waals surface area (Å²) in [6.45, 7) is 0.724. The van der Waals surface area contributed by atoms with Crippen LogP contribution in [0.3, 0.4) is 0 Å². The maximum Gasteiger partial charge on any atom is 0.181 e. The molecule has 0 aromatic carbocycles. The SMILES string of the molecule is O=Cc1ccn2c1C(=O)CC2. The quantitative estimate of drug-likeness (QED) is 0.556. The number of hydrogen-bond acceptors (Lipinski definition) is 2. The van der Waals surface area contributed by atoms with Crippen molar-refractivity contribution in [3.05, 3.63) is 23.5 Å². The first-order valence-corrected chi connectivity index (χ1v) is 3.50. The van der Waals surface area contributed by atoms with Gasteiger partial charge in [-0.05, 0) is 6.07 Å². The number of carbonyl (C=O) groups excluding carboxylic acids is 2. The molecule has 2 heterocycles. The average Bonchev–Trinajstić information content (AvgIpc) is 2.54. The van der Waals surface area contributed by atoms with Crippen LogP contribution < -0.4 is 0 Å². The molecule has 0 N–H and O–H groups in total. The minimum atomic E-state index is 0.0806. The normalized spacial score (nSPS) is 15.1. The van der Waals surface area contributed by atoms with Crippen LogP contribution in [0.2, 0.25) is 0 Å². The van der Waals surface area contributed by atoms with Crippen molar-refractivity contribution in [1.82, 2.24) is 4.57 Å². The Morgan fingerprint density at radius 2 is 2.36 bits per heavy atom. The van der Waals surface area contributed by atoms with Gasteiger partial charge in [0.2, 0.25) is 0 Å². The van der Waals surface area contributed by atoms with Crippen LogP contribution in [0.1, 0.15) is 27.3 Å². The Bertz CT molecular complexity index is 325. The predicted molar refractivity (Wildman–Crippen MR) is 38.8 cm³/mol. The third kappa shape index (κ3) is 0.738. The lowest BCUT2D eigenvalue weighted by atomic mass is 10.2. The lowest BCUT2D eigenvalue weighted by molar-refractivity contribution is 0.0988. The molecule has 0 aliphatic carbocycles. The van der Waals surface area contributed by atoms with Crippen molar-refractivity contribution in [2.24, 2.45) is 0 Å². The first-order chi connectivity index (χ1) is 5.33. The number of rotatable bonds is 1. The molecule has 1 aliphatic rings. The van der Waals surface area contributed by atoms with Gasteiger partial charge in [-0.25, -0.2) is 0 Å². The number of ketones is 1. The second-order valence-electron chi connectivity index (χ2n) is 2.60. The molecule has 1 aromatic heterocycles. The van der Waals surface area contributed by atoms with Gasteiger partial charge in [0.25, 0.3) is 0 Å². The van der Waals surface area contributed by atoms with Gasteiger partial charge in [0.15, 0.2) is 12.1 Å². The van der Waals surface area contributed by atoms with E-state index in [1.165, 1.54) is 0 Å². The summed E-state index contributed by atoms with van der Waals surface area (Å²) >= 11 is 0. The van der Waals surface area contributed by atoms with Crippen molar-refractivity contribution in [3.63, 3.8) is 0 Å². The zero-order valence-electron chi connectivity index (χ0n) is 5.91. The molecule has 1 aliphatic heterocycles. The highest BCUT2D eigenvalue weighted by molar-refractivity contribution is 6.02. The van der Waals surface area contributed by atoms with E-state index in [4.69, 9.17) is 0 Å². The van der Waals surface area contributed by atoms with E-state index in [-0.39, 0.29) is 5.78 Å². The first-order valence-electron chi connectivity index (χ1n) is 3.50. The number of aldehydes is 1. The monoisotopic (exact) mass is 149 g/mol. The van der Waals surface area contributed by atoms with Gasteiger partial charge >= 0.3 is 0 Å². The van der Waals surface area contributed by atoms with Gasteiger partial charge in [0, 0.05) is 24.7 Å². The summed E-state index contributed by atoms with van der Waals surface area (Å²) in [5, 5.41) is 0.